The van der Waals surface area contributed by atoms with Crippen LogP contribution in [0, 0.1) is 11.8 Å². The van der Waals surface area contributed by atoms with Gasteiger partial charge in [-0.25, -0.2) is 9.59 Å². The van der Waals surface area contributed by atoms with Crippen LogP contribution < -0.4 is 0 Å². The van der Waals surface area contributed by atoms with Gasteiger partial charge in [0.05, 0.1) is 37.9 Å². The maximum atomic E-state index is 12.4. The van der Waals surface area contributed by atoms with Gasteiger partial charge in [0.2, 0.25) is 6.29 Å². The van der Waals surface area contributed by atoms with Gasteiger partial charge in [-0.2, -0.15) is 0 Å². The number of hydrogen-bond acceptors (Lipinski definition) is 12. The number of carboxylic acids is 1. The van der Waals surface area contributed by atoms with Crippen LogP contribution >= 0.6 is 0 Å². The topological polar surface area (TPSA) is 199 Å². The third kappa shape index (κ3) is 6.57. The highest BCUT2D eigenvalue weighted by Gasteiger charge is 2.50. The molecule has 2 aliphatic rings. The number of ether oxygens (including phenoxy) is 5. The van der Waals surface area contributed by atoms with Crippen LogP contribution in [0.1, 0.15) is 27.2 Å². The molecule has 0 amide bonds. The largest absolute Gasteiger partial charge is 0.481 e. The van der Waals surface area contributed by atoms with E-state index in [1.165, 1.54) is 19.9 Å². The molecular weight excluding hydrogens is 472 g/mol. The molecule has 0 aromatic rings. The summed E-state index contributed by atoms with van der Waals surface area (Å²) in [5.74, 6) is -5.07. The fourth-order valence-electron chi connectivity index (χ4n) is 3.91. The van der Waals surface area contributed by atoms with E-state index in [1.54, 1.807) is 6.92 Å². The normalized spacial score (nSPS) is 34.3. The number of methoxy groups -OCH3 is 1. The second-order valence-corrected chi connectivity index (χ2v) is 8.27. The van der Waals surface area contributed by atoms with Crippen molar-refractivity contribution in [3.05, 3.63) is 23.5 Å². The molecule has 0 radical (unpaired) electrons. The molecule has 198 valence electrons. The first-order valence-electron chi connectivity index (χ1n) is 10.9. The highest BCUT2D eigenvalue weighted by Crippen LogP contribution is 2.39. The molecule has 9 atom stereocenters. The first-order chi connectivity index (χ1) is 16.5. The summed E-state index contributed by atoms with van der Waals surface area (Å²) in [4.78, 5) is 36.4. The van der Waals surface area contributed by atoms with Crippen molar-refractivity contribution in [2.24, 2.45) is 11.8 Å². The number of rotatable bonds is 9. The van der Waals surface area contributed by atoms with E-state index in [0.29, 0.717) is 0 Å². The standard InChI is InChI=1S/C22H32O13/c1-5-9(2)19(29)33-10(3)15-11(6-14(24)25)12(20(30)31-4)8-32-21(15)35-22-18(28)17(27)16(26)13(7-23)34-22/h5,8,10-11,13,15-18,21-23,26-28H,6-7H2,1-4H3,(H,24,25)/b9-5+/t10?,11-,13-,15-,16-,17+,18-,21+,22+/m1/s1. The third-order valence-corrected chi connectivity index (χ3v) is 6.03. The quantitative estimate of drug-likeness (QED) is 0.186. The summed E-state index contributed by atoms with van der Waals surface area (Å²) in [5.41, 5.74) is 0.137. The summed E-state index contributed by atoms with van der Waals surface area (Å²) >= 11 is 0. The second kappa shape index (κ2) is 12.4. The number of aliphatic carboxylic acids is 1. The lowest BCUT2D eigenvalue weighted by atomic mass is 9.78. The maximum Gasteiger partial charge on any atom is 0.337 e. The Hall–Kier alpha value is -2.55. The lowest BCUT2D eigenvalue weighted by molar-refractivity contribution is -0.344. The molecule has 0 spiro atoms. The zero-order valence-electron chi connectivity index (χ0n) is 19.8. The Bertz CT molecular complexity index is 835. The summed E-state index contributed by atoms with van der Waals surface area (Å²) in [6.45, 7) is 3.89. The highest BCUT2D eigenvalue weighted by molar-refractivity contribution is 5.90. The van der Waals surface area contributed by atoms with Gasteiger partial charge in [-0.05, 0) is 20.8 Å². The molecule has 5 N–H and O–H groups in total. The Morgan fingerprint density at radius 1 is 1.14 bits per heavy atom. The molecule has 0 saturated carbocycles. The molecule has 0 bridgehead atoms. The van der Waals surface area contributed by atoms with Crippen LogP contribution in [0.25, 0.3) is 0 Å². The Morgan fingerprint density at radius 3 is 2.34 bits per heavy atom. The number of carbonyl (C=O) groups is 3. The van der Waals surface area contributed by atoms with E-state index >= 15 is 0 Å². The predicted molar refractivity (Wildman–Crippen MR) is 114 cm³/mol. The van der Waals surface area contributed by atoms with Crippen LogP contribution in [0.2, 0.25) is 0 Å². The molecule has 0 aliphatic carbocycles. The van der Waals surface area contributed by atoms with Crippen molar-refractivity contribution in [2.75, 3.05) is 13.7 Å². The van der Waals surface area contributed by atoms with Crippen molar-refractivity contribution in [1.29, 1.82) is 0 Å². The minimum Gasteiger partial charge on any atom is -0.481 e. The Kier molecular flexibility index (Phi) is 10.2. The lowest BCUT2D eigenvalue weighted by Crippen LogP contribution is -2.60. The summed E-state index contributed by atoms with van der Waals surface area (Å²) < 4.78 is 26.8. The molecule has 1 unspecified atom stereocenters. The molecule has 1 fully saturated rings. The van der Waals surface area contributed by atoms with E-state index in [9.17, 15) is 39.9 Å². The zero-order valence-corrected chi connectivity index (χ0v) is 19.8. The van der Waals surface area contributed by atoms with Gasteiger partial charge in [0.25, 0.3) is 0 Å². The molecule has 2 rings (SSSR count). The molecule has 2 aliphatic heterocycles. The molecule has 35 heavy (non-hydrogen) atoms. The van der Waals surface area contributed by atoms with E-state index in [-0.39, 0.29) is 11.1 Å². The van der Waals surface area contributed by atoms with E-state index < -0.39 is 85.9 Å². The molecule has 13 heteroatoms. The Morgan fingerprint density at radius 2 is 1.80 bits per heavy atom. The van der Waals surface area contributed by atoms with Gasteiger partial charge < -0.3 is 49.2 Å². The van der Waals surface area contributed by atoms with E-state index in [0.717, 1.165) is 13.4 Å². The minimum absolute atomic E-state index is 0.140. The summed E-state index contributed by atoms with van der Waals surface area (Å²) in [6.07, 6.45) is -8.69. The number of allylic oxidation sites excluding steroid dienone is 1. The fourth-order valence-corrected chi connectivity index (χ4v) is 3.91. The molecule has 0 aromatic carbocycles. The molecule has 2 heterocycles. The van der Waals surface area contributed by atoms with E-state index in [2.05, 4.69) is 0 Å². The highest BCUT2D eigenvalue weighted by atomic mass is 16.8. The van der Waals surface area contributed by atoms with Gasteiger partial charge in [0, 0.05) is 11.5 Å². The van der Waals surface area contributed by atoms with Crippen molar-refractivity contribution >= 4 is 17.9 Å². The first kappa shape index (κ1) is 28.7. The Balaban J connectivity index is 2.44. The zero-order chi connectivity index (χ0) is 26.4. The SMILES string of the molecule is C/C=C(\C)C(=O)OC(C)[C@H]1[C@H](O[C@@H]2O[C@H](CO)[C@@H](O)[C@H](O)[C@H]2O)OC=C(C(=O)OC)[C@H]1CC(=O)O. The monoisotopic (exact) mass is 504 g/mol. The van der Waals surface area contributed by atoms with Gasteiger partial charge in [0.15, 0.2) is 6.29 Å². The average Bonchev–Trinajstić information content (AvgIpc) is 2.82. The number of aliphatic hydroxyl groups excluding tert-OH is 4. The molecular formula is C22H32O13. The van der Waals surface area contributed by atoms with Crippen LogP contribution in [0.3, 0.4) is 0 Å². The van der Waals surface area contributed by atoms with E-state index in [4.69, 9.17) is 23.7 Å². The predicted octanol–water partition coefficient (Wildman–Crippen LogP) is -1.18. The number of carboxylic acid groups (broad SMARTS) is 1. The van der Waals surface area contributed by atoms with Gasteiger partial charge >= 0.3 is 17.9 Å². The van der Waals surface area contributed by atoms with Crippen molar-refractivity contribution in [1.82, 2.24) is 0 Å². The minimum atomic E-state index is -1.77. The van der Waals surface area contributed by atoms with Crippen LogP contribution in [-0.2, 0) is 38.1 Å². The van der Waals surface area contributed by atoms with Gasteiger partial charge in [-0.1, -0.05) is 6.08 Å². The van der Waals surface area contributed by atoms with Crippen molar-refractivity contribution in [2.45, 2.75) is 70.3 Å². The van der Waals surface area contributed by atoms with Crippen molar-refractivity contribution < 1.29 is 63.6 Å². The maximum absolute atomic E-state index is 12.4. The van der Waals surface area contributed by atoms with Gasteiger partial charge in [0.1, 0.15) is 30.5 Å². The molecule has 0 aromatic heterocycles. The summed E-state index contributed by atoms with van der Waals surface area (Å²) in [5, 5.41) is 49.3. The van der Waals surface area contributed by atoms with Crippen LogP contribution in [0.4, 0.5) is 0 Å². The van der Waals surface area contributed by atoms with Crippen molar-refractivity contribution in [3.63, 3.8) is 0 Å². The Labute approximate surface area is 201 Å². The fraction of sp³-hybridized carbons (Fsp3) is 0.682. The summed E-state index contributed by atoms with van der Waals surface area (Å²) in [6, 6.07) is 0. The van der Waals surface area contributed by atoms with Crippen LogP contribution in [0.5, 0.6) is 0 Å². The van der Waals surface area contributed by atoms with Crippen molar-refractivity contribution in [3.8, 4) is 0 Å². The first-order valence-corrected chi connectivity index (χ1v) is 10.9. The van der Waals surface area contributed by atoms with E-state index in [1.807, 2.05) is 0 Å². The smallest absolute Gasteiger partial charge is 0.337 e. The van der Waals surface area contributed by atoms with Crippen LogP contribution in [-0.4, -0.2) is 100 Å². The average molecular weight is 504 g/mol. The second-order valence-electron chi connectivity index (χ2n) is 8.27. The number of carbonyl (C=O) groups excluding carboxylic acids is 2. The third-order valence-electron chi connectivity index (χ3n) is 6.03. The summed E-state index contributed by atoms with van der Waals surface area (Å²) in [7, 11) is 1.10. The lowest BCUT2D eigenvalue weighted by Gasteiger charge is -2.44. The number of esters is 2. The molecule has 1 saturated heterocycles. The van der Waals surface area contributed by atoms with Gasteiger partial charge in [-0.3, -0.25) is 4.79 Å². The number of hydrogen-bond donors (Lipinski definition) is 5. The molecule has 13 nitrogen and oxygen atoms in total. The van der Waals surface area contributed by atoms with Gasteiger partial charge in [-0.15, -0.1) is 0 Å². The number of aliphatic hydroxyl groups is 4. The van der Waals surface area contributed by atoms with Crippen LogP contribution in [0.15, 0.2) is 23.5 Å².